The van der Waals surface area contributed by atoms with Crippen LogP contribution in [0, 0.1) is 6.92 Å². The highest BCUT2D eigenvalue weighted by atomic mass is 16.3. The Morgan fingerprint density at radius 3 is 2.58 bits per heavy atom. The van der Waals surface area contributed by atoms with Crippen LogP contribution in [0.4, 0.5) is 17.1 Å². The maximum absolute atomic E-state index is 6.22. The molecular weight excluding hydrogens is 322 g/mol. The summed E-state index contributed by atoms with van der Waals surface area (Å²) in [6, 6.07) is 17.4. The van der Waals surface area contributed by atoms with E-state index in [0.29, 0.717) is 11.8 Å². The van der Waals surface area contributed by atoms with E-state index in [1.165, 1.54) is 16.9 Å². The van der Waals surface area contributed by atoms with E-state index in [1.54, 1.807) is 6.20 Å². The molecule has 4 heteroatoms. The van der Waals surface area contributed by atoms with E-state index in [1.807, 2.05) is 6.07 Å². The normalized spacial score (nSPS) is 14.0. The minimum absolute atomic E-state index is 0.429. The molecule has 1 aliphatic rings. The molecule has 0 aliphatic carbocycles. The molecule has 2 aromatic carbocycles. The number of hydrogen-bond acceptors (Lipinski definition) is 4. The molecule has 0 radical (unpaired) electrons. The standard InChI is InChI=1S/C22H21N3O/c1-14(2)24-13-25(19-9-5-4-8-18(19)24)20-15(3)10-11-16-17-7-6-12-23-22(17)26-21(16)20/h4-12,14H,13H2,1-3H3. The van der Waals surface area contributed by atoms with Gasteiger partial charge in [0.1, 0.15) is 0 Å². The van der Waals surface area contributed by atoms with Crippen LogP contribution in [0.2, 0.25) is 0 Å². The number of benzene rings is 2. The first-order valence-electron chi connectivity index (χ1n) is 9.05. The third-order valence-electron chi connectivity index (χ3n) is 5.26. The van der Waals surface area contributed by atoms with Gasteiger partial charge in [-0.25, -0.2) is 4.98 Å². The molecule has 0 N–H and O–H groups in total. The molecule has 0 amide bonds. The Morgan fingerprint density at radius 2 is 1.77 bits per heavy atom. The molecule has 130 valence electrons. The quantitative estimate of drug-likeness (QED) is 0.473. The summed E-state index contributed by atoms with van der Waals surface area (Å²) in [5.74, 6) is 0. The lowest BCUT2D eigenvalue weighted by Gasteiger charge is -2.26. The van der Waals surface area contributed by atoms with Crippen LogP contribution in [-0.4, -0.2) is 17.7 Å². The van der Waals surface area contributed by atoms with Crippen molar-refractivity contribution in [3.8, 4) is 0 Å². The van der Waals surface area contributed by atoms with Crippen LogP contribution in [-0.2, 0) is 0 Å². The zero-order valence-corrected chi connectivity index (χ0v) is 15.2. The summed E-state index contributed by atoms with van der Waals surface area (Å²) < 4.78 is 6.22. The van der Waals surface area contributed by atoms with Crippen molar-refractivity contribution in [3.05, 3.63) is 60.3 Å². The minimum atomic E-state index is 0.429. The first-order chi connectivity index (χ1) is 12.6. The zero-order chi connectivity index (χ0) is 17.8. The number of pyridine rings is 1. The Hall–Kier alpha value is -3.01. The number of anilines is 3. The maximum Gasteiger partial charge on any atom is 0.227 e. The average molecular weight is 343 g/mol. The maximum atomic E-state index is 6.22. The van der Waals surface area contributed by atoms with Crippen molar-refractivity contribution in [2.45, 2.75) is 26.8 Å². The molecule has 0 spiro atoms. The summed E-state index contributed by atoms with van der Waals surface area (Å²) >= 11 is 0. The van der Waals surface area contributed by atoms with Gasteiger partial charge in [0, 0.05) is 23.0 Å². The van der Waals surface area contributed by atoms with E-state index in [0.717, 1.165) is 28.7 Å². The number of nitrogens with zero attached hydrogens (tertiary/aromatic N) is 3. The molecule has 4 aromatic rings. The van der Waals surface area contributed by atoms with Gasteiger partial charge in [-0.1, -0.05) is 24.3 Å². The molecular formula is C22H21N3O. The third kappa shape index (κ3) is 2.05. The van der Waals surface area contributed by atoms with Crippen LogP contribution in [0.15, 0.2) is 59.1 Å². The van der Waals surface area contributed by atoms with Crippen molar-refractivity contribution in [2.75, 3.05) is 16.5 Å². The summed E-state index contributed by atoms with van der Waals surface area (Å²) in [5.41, 5.74) is 6.45. The minimum Gasteiger partial charge on any atom is -0.435 e. The van der Waals surface area contributed by atoms with Crippen LogP contribution in [0.25, 0.3) is 22.1 Å². The monoisotopic (exact) mass is 343 g/mol. The highest BCUT2D eigenvalue weighted by Crippen LogP contribution is 2.46. The van der Waals surface area contributed by atoms with Crippen LogP contribution >= 0.6 is 0 Å². The molecule has 1 aliphatic heterocycles. The lowest BCUT2D eigenvalue weighted by Crippen LogP contribution is -2.33. The smallest absolute Gasteiger partial charge is 0.227 e. The predicted molar refractivity (Wildman–Crippen MR) is 107 cm³/mol. The van der Waals surface area contributed by atoms with E-state index < -0.39 is 0 Å². The van der Waals surface area contributed by atoms with Gasteiger partial charge in [0.2, 0.25) is 5.71 Å². The second-order valence-electron chi connectivity index (χ2n) is 7.19. The van der Waals surface area contributed by atoms with Crippen molar-refractivity contribution in [1.82, 2.24) is 4.98 Å². The SMILES string of the molecule is Cc1ccc2c(oc3ncccc32)c1N1CN(C(C)C)c2ccccc21. The Morgan fingerprint density at radius 1 is 0.962 bits per heavy atom. The number of aromatic nitrogens is 1. The molecule has 0 fully saturated rings. The van der Waals surface area contributed by atoms with E-state index in [-0.39, 0.29) is 0 Å². The molecule has 26 heavy (non-hydrogen) atoms. The van der Waals surface area contributed by atoms with Crippen LogP contribution < -0.4 is 9.80 Å². The molecule has 0 unspecified atom stereocenters. The van der Waals surface area contributed by atoms with E-state index in [9.17, 15) is 0 Å². The average Bonchev–Trinajstić information content (AvgIpc) is 3.20. The number of rotatable bonds is 2. The molecule has 4 nitrogen and oxygen atoms in total. The van der Waals surface area contributed by atoms with Crippen LogP contribution in [0.1, 0.15) is 19.4 Å². The van der Waals surface area contributed by atoms with Gasteiger partial charge in [-0.2, -0.15) is 0 Å². The van der Waals surface area contributed by atoms with Gasteiger partial charge >= 0.3 is 0 Å². The summed E-state index contributed by atoms with van der Waals surface area (Å²) in [6.45, 7) is 7.44. The Labute approximate surface area is 152 Å². The molecule has 0 saturated carbocycles. The summed E-state index contributed by atoms with van der Waals surface area (Å²) in [5, 5.41) is 2.19. The first kappa shape index (κ1) is 15.3. The topological polar surface area (TPSA) is 32.5 Å². The fraction of sp³-hybridized carbons (Fsp3) is 0.227. The van der Waals surface area contributed by atoms with E-state index in [2.05, 4.69) is 78.0 Å². The van der Waals surface area contributed by atoms with Crippen molar-refractivity contribution >= 4 is 39.1 Å². The third-order valence-corrected chi connectivity index (χ3v) is 5.26. The Bertz CT molecular complexity index is 1130. The molecule has 3 heterocycles. The molecule has 0 saturated heterocycles. The fourth-order valence-corrected chi connectivity index (χ4v) is 3.97. The number of para-hydroxylation sites is 2. The number of aryl methyl sites for hydroxylation is 1. The van der Waals surface area contributed by atoms with Crippen molar-refractivity contribution in [3.63, 3.8) is 0 Å². The van der Waals surface area contributed by atoms with Gasteiger partial charge in [-0.15, -0.1) is 0 Å². The number of fused-ring (bicyclic) bond motifs is 4. The highest BCUT2D eigenvalue weighted by Gasteiger charge is 2.31. The molecule has 0 atom stereocenters. The van der Waals surface area contributed by atoms with Crippen LogP contribution in [0.3, 0.4) is 0 Å². The zero-order valence-electron chi connectivity index (χ0n) is 15.2. The fourth-order valence-electron chi connectivity index (χ4n) is 3.97. The van der Waals surface area contributed by atoms with Gasteiger partial charge in [0.25, 0.3) is 0 Å². The first-order valence-corrected chi connectivity index (χ1v) is 9.05. The molecule has 0 bridgehead atoms. The lowest BCUT2D eigenvalue weighted by molar-refractivity contribution is 0.651. The number of hydrogen-bond donors (Lipinski definition) is 0. The van der Waals surface area contributed by atoms with Crippen molar-refractivity contribution < 1.29 is 4.42 Å². The molecule has 5 rings (SSSR count). The van der Waals surface area contributed by atoms with Crippen molar-refractivity contribution in [2.24, 2.45) is 0 Å². The lowest BCUT2D eigenvalue weighted by atomic mass is 10.1. The largest absolute Gasteiger partial charge is 0.435 e. The van der Waals surface area contributed by atoms with E-state index in [4.69, 9.17) is 4.42 Å². The van der Waals surface area contributed by atoms with Crippen molar-refractivity contribution in [1.29, 1.82) is 0 Å². The summed E-state index contributed by atoms with van der Waals surface area (Å²) in [6.07, 6.45) is 1.78. The van der Waals surface area contributed by atoms with Gasteiger partial charge in [0.15, 0.2) is 5.58 Å². The second-order valence-corrected chi connectivity index (χ2v) is 7.19. The Balaban J connectivity index is 1.78. The van der Waals surface area contributed by atoms with Gasteiger partial charge < -0.3 is 14.2 Å². The summed E-state index contributed by atoms with van der Waals surface area (Å²) in [4.78, 5) is 9.20. The van der Waals surface area contributed by atoms with Crippen LogP contribution in [0.5, 0.6) is 0 Å². The van der Waals surface area contributed by atoms with E-state index >= 15 is 0 Å². The predicted octanol–water partition coefficient (Wildman–Crippen LogP) is 5.61. The van der Waals surface area contributed by atoms with Gasteiger partial charge in [-0.3, -0.25) is 0 Å². The highest BCUT2D eigenvalue weighted by molar-refractivity contribution is 6.09. The Kier molecular flexibility index (Phi) is 3.23. The van der Waals surface area contributed by atoms with Gasteiger partial charge in [-0.05, 0) is 50.6 Å². The number of furan rings is 1. The molecule has 2 aromatic heterocycles. The summed E-state index contributed by atoms with van der Waals surface area (Å²) in [7, 11) is 0. The second kappa shape index (κ2) is 5.49. The van der Waals surface area contributed by atoms with Gasteiger partial charge in [0.05, 0.1) is 23.7 Å².